The van der Waals surface area contributed by atoms with Crippen LogP contribution in [-0.2, 0) is 35.9 Å². The third-order valence-electron chi connectivity index (χ3n) is 7.47. The van der Waals surface area contributed by atoms with Gasteiger partial charge < -0.3 is 30.9 Å². The van der Waals surface area contributed by atoms with Gasteiger partial charge in [-0.1, -0.05) is 48.5 Å². The highest BCUT2D eigenvalue weighted by Crippen LogP contribution is 2.46. The predicted molar refractivity (Wildman–Crippen MR) is 135 cm³/mol. The van der Waals surface area contributed by atoms with Gasteiger partial charge in [-0.15, -0.1) is 0 Å². The molecule has 3 heterocycles. The van der Waals surface area contributed by atoms with Gasteiger partial charge >= 0.3 is 6.09 Å². The van der Waals surface area contributed by atoms with Crippen LogP contribution in [0.15, 0.2) is 54.6 Å². The Bertz CT molecular complexity index is 1280. The Kier molecular flexibility index (Phi) is 6.75. The minimum atomic E-state index is -1.20. The Morgan fingerprint density at radius 2 is 1.84 bits per heavy atom. The maximum atomic E-state index is 13.9. The molecule has 0 aliphatic carbocycles. The number of primary amides is 1. The molecule has 198 valence electrons. The summed E-state index contributed by atoms with van der Waals surface area (Å²) >= 11 is 0. The number of benzene rings is 2. The lowest BCUT2D eigenvalue weighted by Crippen LogP contribution is -2.57. The number of hydrogen-bond acceptors (Lipinski definition) is 6. The molecule has 3 aliphatic heterocycles. The van der Waals surface area contributed by atoms with E-state index in [2.05, 4.69) is 10.6 Å². The van der Waals surface area contributed by atoms with Gasteiger partial charge in [-0.3, -0.25) is 19.2 Å². The number of para-hydroxylation sites is 1. The summed E-state index contributed by atoms with van der Waals surface area (Å²) < 4.78 is 5.31. The summed E-state index contributed by atoms with van der Waals surface area (Å²) in [5.41, 5.74) is 6.63. The number of nitrogens with two attached hydrogens (primary N) is 1. The van der Waals surface area contributed by atoms with Crippen molar-refractivity contribution in [2.75, 3.05) is 25.0 Å². The standard InChI is InChI=1S/C27H29N5O6/c28-23(34)21-13-27(18-9-4-5-10-19(18)29-25(27)36)16-32(21)24(35)20(14-31-12-6-11-22(31)33)30-26(37)38-15-17-7-2-1-3-8-17/h1-5,7-10,20-21H,6,11-16H2,(H2,28,34)(H,29,36)(H,30,37)/t20-,21-,27-/m0/s1. The van der Waals surface area contributed by atoms with Crippen molar-refractivity contribution < 1.29 is 28.7 Å². The Hall–Kier alpha value is -4.41. The molecule has 4 N–H and O–H groups in total. The average molecular weight is 520 g/mol. The fraction of sp³-hybridized carbons (Fsp3) is 0.370. The van der Waals surface area contributed by atoms with E-state index in [1.54, 1.807) is 36.4 Å². The number of ether oxygens (including phenoxy) is 1. The van der Waals surface area contributed by atoms with Crippen molar-refractivity contribution in [2.45, 2.75) is 43.4 Å². The van der Waals surface area contributed by atoms with Crippen molar-refractivity contribution in [1.82, 2.24) is 15.1 Å². The number of anilines is 1. The molecule has 0 unspecified atom stereocenters. The van der Waals surface area contributed by atoms with Gasteiger partial charge in [0.2, 0.25) is 23.6 Å². The number of hydrogen-bond donors (Lipinski definition) is 3. The van der Waals surface area contributed by atoms with E-state index in [0.717, 1.165) is 5.56 Å². The van der Waals surface area contributed by atoms with E-state index in [4.69, 9.17) is 10.5 Å². The van der Waals surface area contributed by atoms with E-state index in [1.165, 1.54) is 9.80 Å². The number of alkyl carbamates (subject to hydrolysis) is 1. The van der Waals surface area contributed by atoms with Gasteiger partial charge in [-0.2, -0.15) is 0 Å². The molecule has 38 heavy (non-hydrogen) atoms. The zero-order chi connectivity index (χ0) is 26.9. The average Bonchev–Trinajstić information content (AvgIpc) is 3.59. The summed E-state index contributed by atoms with van der Waals surface area (Å²) in [7, 11) is 0. The molecule has 0 aromatic heterocycles. The SMILES string of the molecule is NC(=O)[C@@H]1C[C@@]2(CN1C(=O)[C@H](CN1CCCC1=O)NC(=O)OCc1ccccc1)C(=O)Nc1ccccc12. The number of carbonyl (C=O) groups excluding carboxylic acids is 5. The zero-order valence-corrected chi connectivity index (χ0v) is 20.7. The van der Waals surface area contributed by atoms with Crippen LogP contribution in [0.5, 0.6) is 0 Å². The Morgan fingerprint density at radius 3 is 2.55 bits per heavy atom. The van der Waals surface area contributed by atoms with Crippen LogP contribution in [-0.4, -0.2) is 71.2 Å². The summed E-state index contributed by atoms with van der Waals surface area (Å²) in [4.78, 5) is 67.3. The van der Waals surface area contributed by atoms with E-state index in [9.17, 15) is 24.0 Å². The molecule has 5 rings (SSSR count). The van der Waals surface area contributed by atoms with Crippen LogP contribution in [0.2, 0.25) is 0 Å². The van der Waals surface area contributed by atoms with Crippen molar-refractivity contribution in [3.63, 3.8) is 0 Å². The van der Waals surface area contributed by atoms with Crippen LogP contribution < -0.4 is 16.4 Å². The minimum Gasteiger partial charge on any atom is -0.445 e. The number of amides is 5. The van der Waals surface area contributed by atoms with Crippen molar-refractivity contribution in [3.8, 4) is 0 Å². The summed E-state index contributed by atoms with van der Waals surface area (Å²) in [6.07, 6.45) is 0.177. The lowest BCUT2D eigenvalue weighted by Gasteiger charge is -2.30. The molecule has 2 fully saturated rings. The fourth-order valence-corrected chi connectivity index (χ4v) is 5.53. The van der Waals surface area contributed by atoms with Crippen LogP contribution in [0.4, 0.5) is 10.5 Å². The van der Waals surface area contributed by atoms with Crippen LogP contribution in [0, 0.1) is 0 Å². The molecule has 2 aromatic carbocycles. The lowest BCUT2D eigenvalue weighted by atomic mass is 9.79. The van der Waals surface area contributed by atoms with Gasteiger partial charge in [0.25, 0.3) is 0 Å². The van der Waals surface area contributed by atoms with Crippen LogP contribution in [0.3, 0.4) is 0 Å². The van der Waals surface area contributed by atoms with E-state index in [-0.39, 0.29) is 37.9 Å². The van der Waals surface area contributed by atoms with Gasteiger partial charge in [-0.25, -0.2) is 4.79 Å². The second kappa shape index (κ2) is 10.2. The first-order chi connectivity index (χ1) is 18.3. The highest BCUT2D eigenvalue weighted by atomic mass is 16.5. The molecular formula is C27H29N5O6. The maximum Gasteiger partial charge on any atom is 0.408 e. The topological polar surface area (TPSA) is 151 Å². The first kappa shape index (κ1) is 25.2. The number of likely N-dealkylation sites (tertiary alicyclic amines) is 2. The number of nitrogens with zero attached hydrogens (tertiary/aromatic N) is 2. The first-order valence-corrected chi connectivity index (χ1v) is 12.5. The minimum absolute atomic E-state index is 0.01000. The van der Waals surface area contributed by atoms with Crippen molar-refractivity contribution >= 4 is 35.4 Å². The number of rotatable bonds is 7. The van der Waals surface area contributed by atoms with Crippen molar-refractivity contribution in [3.05, 3.63) is 65.7 Å². The Balaban J connectivity index is 1.38. The molecule has 3 atom stereocenters. The molecule has 2 aromatic rings. The molecule has 5 amide bonds. The van der Waals surface area contributed by atoms with Gasteiger partial charge in [-0.05, 0) is 30.0 Å². The third kappa shape index (κ3) is 4.67. The molecule has 2 saturated heterocycles. The van der Waals surface area contributed by atoms with Gasteiger partial charge in [0, 0.05) is 25.2 Å². The third-order valence-corrected chi connectivity index (χ3v) is 7.47. The molecule has 0 radical (unpaired) electrons. The summed E-state index contributed by atoms with van der Waals surface area (Å²) in [6, 6.07) is 13.9. The van der Waals surface area contributed by atoms with Crippen molar-refractivity contribution in [1.29, 1.82) is 0 Å². The van der Waals surface area contributed by atoms with Crippen LogP contribution in [0.25, 0.3) is 0 Å². The molecule has 11 heteroatoms. The number of nitrogens with one attached hydrogen (secondary N) is 2. The molecule has 11 nitrogen and oxygen atoms in total. The van der Waals surface area contributed by atoms with Gasteiger partial charge in [0.1, 0.15) is 18.7 Å². The summed E-state index contributed by atoms with van der Waals surface area (Å²) in [5, 5.41) is 5.42. The summed E-state index contributed by atoms with van der Waals surface area (Å²) in [5.74, 6) is -1.81. The lowest BCUT2D eigenvalue weighted by molar-refractivity contribution is -0.140. The summed E-state index contributed by atoms with van der Waals surface area (Å²) in [6.45, 7) is 0.260. The number of carbonyl (C=O) groups is 5. The smallest absolute Gasteiger partial charge is 0.408 e. The zero-order valence-electron chi connectivity index (χ0n) is 20.7. The quantitative estimate of drug-likeness (QED) is 0.494. The van der Waals surface area contributed by atoms with Crippen LogP contribution in [0.1, 0.15) is 30.4 Å². The van der Waals surface area contributed by atoms with Gasteiger partial charge in [0.15, 0.2) is 0 Å². The second-order valence-electron chi connectivity index (χ2n) is 9.87. The number of fused-ring (bicyclic) bond motifs is 2. The van der Waals surface area contributed by atoms with E-state index in [1.807, 2.05) is 18.2 Å². The normalized spacial score (nSPS) is 22.8. The first-order valence-electron chi connectivity index (χ1n) is 12.5. The maximum absolute atomic E-state index is 13.9. The second-order valence-corrected chi connectivity index (χ2v) is 9.87. The Morgan fingerprint density at radius 1 is 1.11 bits per heavy atom. The highest BCUT2D eigenvalue weighted by molar-refractivity contribution is 6.08. The fourth-order valence-electron chi connectivity index (χ4n) is 5.53. The van der Waals surface area contributed by atoms with E-state index >= 15 is 0 Å². The molecule has 0 saturated carbocycles. The van der Waals surface area contributed by atoms with E-state index < -0.39 is 35.4 Å². The highest BCUT2D eigenvalue weighted by Gasteiger charge is 2.57. The molecule has 3 aliphatic rings. The predicted octanol–water partition coefficient (Wildman–Crippen LogP) is 0.880. The molecule has 1 spiro atoms. The van der Waals surface area contributed by atoms with Crippen molar-refractivity contribution in [2.24, 2.45) is 5.73 Å². The van der Waals surface area contributed by atoms with Gasteiger partial charge in [0.05, 0.1) is 12.0 Å². The monoisotopic (exact) mass is 519 g/mol. The largest absolute Gasteiger partial charge is 0.445 e. The molecule has 0 bridgehead atoms. The van der Waals surface area contributed by atoms with Crippen LogP contribution >= 0.6 is 0 Å². The molecular weight excluding hydrogens is 490 g/mol. The van der Waals surface area contributed by atoms with E-state index in [0.29, 0.717) is 30.6 Å². The Labute approximate surface area is 219 Å².